The third-order valence-electron chi connectivity index (χ3n) is 17.2. The van der Waals surface area contributed by atoms with E-state index in [2.05, 4.69) is 18.8 Å². The van der Waals surface area contributed by atoms with Gasteiger partial charge < -0.3 is 29.5 Å². The van der Waals surface area contributed by atoms with Gasteiger partial charge >= 0.3 is 26.1 Å². The molecule has 2 heterocycles. The van der Waals surface area contributed by atoms with Gasteiger partial charge in [0.25, 0.3) is 12.2 Å². The third-order valence-corrected chi connectivity index (χ3v) is 18.7. The van der Waals surface area contributed by atoms with Crippen LogP contribution in [0, 0.1) is 23.7 Å². The topological polar surface area (TPSA) is 212 Å². The zero-order valence-electron chi connectivity index (χ0n) is 52.4. The van der Waals surface area contributed by atoms with Gasteiger partial charge in [-0.15, -0.1) is 0 Å². The van der Waals surface area contributed by atoms with E-state index in [9.17, 15) is 39.8 Å². The van der Waals surface area contributed by atoms with E-state index in [-0.39, 0.29) is 39.9 Å². The maximum absolute atomic E-state index is 14.1. The minimum atomic E-state index is -2.22. The van der Waals surface area contributed by atoms with Crippen molar-refractivity contribution in [1.82, 2.24) is 9.55 Å². The molecule has 0 spiro atoms. The number of unbranched alkanes of at least 4 members (excludes halogenated alkanes) is 38. The highest BCUT2D eigenvalue weighted by atomic mass is 31.1. The fourth-order valence-electron chi connectivity index (χ4n) is 12.2. The minimum Gasteiger partial charge on any atom is -0.493 e. The Balaban J connectivity index is 1.63. The third kappa shape index (κ3) is 29.7. The van der Waals surface area contributed by atoms with Crippen molar-refractivity contribution in [1.29, 1.82) is 5.26 Å². The number of H-pyrrole nitrogens is 1. The fourth-order valence-corrected chi connectivity index (χ4v) is 13.5. The average molecular weight is 1180 g/mol. The molecule has 1 aliphatic rings. The molecule has 1 aromatic carbocycles. The zero-order valence-corrected chi connectivity index (χ0v) is 53.2. The summed E-state index contributed by atoms with van der Waals surface area (Å²) in [6, 6.07) is 7.29. The van der Waals surface area contributed by atoms with Crippen molar-refractivity contribution < 1.29 is 43.3 Å². The highest BCUT2D eigenvalue weighted by Crippen LogP contribution is 2.59. The zero-order chi connectivity index (χ0) is 60.1. The Labute approximate surface area is 502 Å². The van der Waals surface area contributed by atoms with Crippen LogP contribution in [0.25, 0.3) is 0 Å². The predicted molar refractivity (Wildman–Crippen MR) is 337 cm³/mol. The Morgan fingerprint density at radius 2 is 1.05 bits per heavy atom. The van der Waals surface area contributed by atoms with Crippen molar-refractivity contribution in [3.63, 3.8) is 0 Å². The Kier molecular flexibility index (Phi) is 40.8. The lowest BCUT2D eigenvalue weighted by Gasteiger charge is -2.40. The van der Waals surface area contributed by atoms with Crippen molar-refractivity contribution in [2.75, 3.05) is 26.4 Å². The van der Waals surface area contributed by atoms with Crippen LogP contribution in [0.5, 0.6) is 11.5 Å². The number of aliphatic hydroxyl groups is 1. The number of carboxylic acids is 2. The van der Waals surface area contributed by atoms with Crippen molar-refractivity contribution in [3.8, 4) is 17.6 Å². The first-order valence-electron chi connectivity index (χ1n) is 33.6. The molecule has 15 heteroatoms. The number of nitrogens with zero attached hydrogens (tertiary/aromatic N) is 2. The number of ether oxygens (including phenoxy) is 3. The SMILES string of the molecule is CCCCCCCCCCCCCCCCCCCCCCOc1cc(CC(CC(=O)O)(C(=O)O)[C@@]2(P=[O+]CCC#N)C[C@H](n3cc(C)c(=O)[nH]c3=O)O[C@@H]2CO)cc(OCCCCCCCCCCCCCCCCCCCCCC)c1. The molecule has 14 nitrogen and oxygen atoms in total. The normalized spacial score (nSPS) is 16.8. The highest BCUT2D eigenvalue weighted by molar-refractivity contribution is 7.26. The van der Waals surface area contributed by atoms with E-state index in [1.54, 1.807) is 12.1 Å². The van der Waals surface area contributed by atoms with E-state index < -0.39 is 59.1 Å². The molecular formula is C68H115N3O11P+. The van der Waals surface area contributed by atoms with Gasteiger partial charge in [0, 0.05) is 24.2 Å². The molecule has 472 valence electrons. The summed E-state index contributed by atoms with van der Waals surface area (Å²) in [6.45, 7) is 6.08. The molecule has 0 radical (unpaired) electrons. The summed E-state index contributed by atoms with van der Waals surface area (Å²) in [7, 11) is -0.0536. The number of aliphatic hydroxyl groups excluding tert-OH is 1. The van der Waals surface area contributed by atoms with Crippen LogP contribution in [0.1, 0.15) is 307 Å². The van der Waals surface area contributed by atoms with Crippen LogP contribution in [0.3, 0.4) is 0 Å². The van der Waals surface area contributed by atoms with Gasteiger partial charge in [0.15, 0.2) is 5.16 Å². The monoisotopic (exact) mass is 1180 g/mol. The minimum absolute atomic E-state index is 0.0338. The first-order valence-corrected chi connectivity index (χ1v) is 34.4. The highest BCUT2D eigenvalue weighted by Gasteiger charge is 2.70. The number of carboxylic acid groups (broad SMARTS) is 2. The second-order valence-corrected chi connectivity index (χ2v) is 25.5. The molecule has 0 saturated carbocycles. The maximum atomic E-state index is 14.1. The number of carbonyl (C=O) groups is 2. The molecule has 1 unspecified atom stereocenters. The van der Waals surface area contributed by atoms with E-state index in [4.69, 9.17) is 18.4 Å². The van der Waals surface area contributed by atoms with E-state index in [1.165, 1.54) is 231 Å². The van der Waals surface area contributed by atoms with Gasteiger partial charge in [-0.2, -0.15) is 5.26 Å². The van der Waals surface area contributed by atoms with Crippen molar-refractivity contribution in [3.05, 3.63) is 56.4 Å². The number of aromatic amines is 1. The van der Waals surface area contributed by atoms with E-state index in [0.717, 1.165) is 43.1 Å². The smallest absolute Gasteiger partial charge is 0.404 e. The van der Waals surface area contributed by atoms with Crippen LogP contribution >= 0.6 is 8.46 Å². The van der Waals surface area contributed by atoms with Crippen LogP contribution in [0.2, 0.25) is 0 Å². The molecule has 4 atom stereocenters. The molecule has 4 N–H and O–H groups in total. The standard InChI is InChI=1S/C68H114N3O11P/c1-4-6-8-10-12-14-16-18-20-22-24-26-28-30-32-34-36-38-40-42-46-79-59-49-58(50-60(51-59)80-47-43-41-39-37-35-33-31-29-27-25-23-21-19-17-15-13-11-9-7-5-2)52-67(65(76)77,54-63(73)74)68(83-81-48-44-45-69)53-62(82-61(68)56-72)71-55-57(3)64(75)70-66(71)78/h49-51,55,61-62,72H,4-44,46-48,52-54,56H2,1-3H3,(H2-,70,73,74,75,76,77,78)/p+1/t61-,62-,67?,68-/m1/s1. The van der Waals surface area contributed by atoms with Gasteiger partial charge in [-0.3, -0.25) is 23.9 Å². The summed E-state index contributed by atoms with van der Waals surface area (Å²) in [6.07, 6.45) is 48.8. The summed E-state index contributed by atoms with van der Waals surface area (Å²) in [5.74, 6) is -1.93. The Hall–Kier alpha value is -4.05. The summed E-state index contributed by atoms with van der Waals surface area (Å²) in [5.41, 5.74) is -3.00. The van der Waals surface area contributed by atoms with Gasteiger partial charge in [-0.05, 0) is 43.9 Å². The molecule has 3 rings (SSSR count). The molecule has 1 saturated heterocycles. The Bertz CT molecular complexity index is 2150. The van der Waals surface area contributed by atoms with Crippen LogP contribution < -0.4 is 20.7 Å². The van der Waals surface area contributed by atoms with Gasteiger partial charge in [0.1, 0.15) is 35.7 Å². The van der Waals surface area contributed by atoms with Gasteiger partial charge in [-0.25, -0.2) is 8.99 Å². The lowest BCUT2D eigenvalue weighted by Crippen LogP contribution is -2.57. The number of benzene rings is 1. The lowest BCUT2D eigenvalue weighted by atomic mass is 9.65. The summed E-state index contributed by atoms with van der Waals surface area (Å²) < 4.78 is 26.2. The molecule has 83 heavy (non-hydrogen) atoms. The maximum Gasteiger partial charge on any atom is 0.404 e. The van der Waals surface area contributed by atoms with Gasteiger partial charge in [-0.1, -0.05) is 258 Å². The van der Waals surface area contributed by atoms with E-state index >= 15 is 0 Å². The first kappa shape index (κ1) is 73.2. The lowest BCUT2D eigenvalue weighted by molar-refractivity contribution is -0.160. The number of rotatable bonds is 55. The Morgan fingerprint density at radius 1 is 0.663 bits per heavy atom. The summed E-state index contributed by atoms with van der Waals surface area (Å²) >= 11 is 0. The van der Waals surface area contributed by atoms with Crippen LogP contribution in [0.4, 0.5) is 0 Å². The van der Waals surface area contributed by atoms with Gasteiger partial charge in [0.2, 0.25) is 0 Å². The van der Waals surface area contributed by atoms with Gasteiger partial charge in [0.05, 0.1) is 32.3 Å². The predicted octanol–water partition coefficient (Wildman–Crippen LogP) is 17.8. The van der Waals surface area contributed by atoms with E-state index in [1.807, 2.05) is 12.1 Å². The number of nitrogens with one attached hydrogen (secondary N) is 1. The van der Waals surface area contributed by atoms with E-state index in [0.29, 0.717) is 30.3 Å². The quantitative estimate of drug-likeness (QED) is 0.0278. The molecule has 2 aromatic rings. The van der Waals surface area contributed by atoms with Crippen LogP contribution in [-0.2, 0) is 24.9 Å². The molecule has 1 fully saturated rings. The molecule has 0 aliphatic carbocycles. The largest absolute Gasteiger partial charge is 0.493 e. The average Bonchev–Trinajstić information content (AvgIpc) is 3.08. The number of nitriles is 1. The number of aliphatic carboxylic acids is 2. The van der Waals surface area contributed by atoms with Crippen LogP contribution in [0.15, 0.2) is 34.0 Å². The van der Waals surface area contributed by atoms with Crippen LogP contribution in [-0.4, -0.2) is 74.5 Å². The summed E-state index contributed by atoms with van der Waals surface area (Å²) in [4.78, 5) is 55.0. The first-order chi connectivity index (χ1) is 40.5. The number of hydrogen-bond acceptors (Lipinski definition) is 9. The summed E-state index contributed by atoms with van der Waals surface area (Å²) in [5, 5.41) is 40.6. The molecule has 0 bridgehead atoms. The van der Waals surface area contributed by atoms with Crippen molar-refractivity contribution >= 4 is 20.4 Å². The fraction of sp³-hybridized carbons (Fsp3) is 0.809. The van der Waals surface area contributed by atoms with Crippen molar-refractivity contribution in [2.24, 2.45) is 5.41 Å². The molecule has 1 aromatic heterocycles. The van der Waals surface area contributed by atoms with Crippen molar-refractivity contribution in [2.45, 2.75) is 321 Å². The molecule has 1 aliphatic heterocycles. The number of hydrogen-bond donors (Lipinski definition) is 4. The molecule has 0 amide bonds. The molecular weight excluding hydrogens is 1070 g/mol. The second kappa shape index (κ2) is 46.2. The second-order valence-electron chi connectivity index (χ2n) is 24.3. The number of aromatic nitrogens is 2. The Morgan fingerprint density at radius 3 is 1.40 bits per heavy atom. The number of aryl methyl sites for hydroxylation is 1.